The molecule has 0 bridgehead atoms. The van der Waals surface area contributed by atoms with Crippen LogP contribution in [0.15, 0.2) is 71.9 Å². The number of nitrogens with zero attached hydrogens (tertiary/aromatic N) is 5. The van der Waals surface area contributed by atoms with E-state index in [4.69, 9.17) is 5.10 Å². The smallest absolute Gasteiger partial charge is 0.236 e. The Morgan fingerprint density at radius 1 is 0.970 bits per heavy atom. The predicted octanol–water partition coefficient (Wildman–Crippen LogP) is 5.07. The van der Waals surface area contributed by atoms with E-state index in [0.29, 0.717) is 17.8 Å². The standard InChI is InChI=1S/C25H24N6OS/c32-23(16-33-25-28-27-24(18-11-12-18)30(25)19-13-14-19)26-22-15-21(17-7-3-1-4-8-17)29-31(22)20-9-5-2-6-10-20/h1-10,15,18-19H,11-14,16H2,(H,26,32). The van der Waals surface area contributed by atoms with Crippen LogP contribution in [0.2, 0.25) is 0 Å². The third-order valence-corrected chi connectivity index (χ3v) is 6.87. The third kappa shape index (κ3) is 4.30. The minimum atomic E-state index is -0.0880. The molecule has 7 nitrogen and oxygen atoms in total. The van der Waals surface area contributed by atoms with Crippen molar-refractivity contribution >= 4 is 23.5 Å². The van der Waals surface area contributed by atoms with E-state index in [1.807, 2.05) is 66.7 Å². The van der Waals surface area contributed by atoms with Crippen LogP contribution in [0.1, 0.15) is 43.5 Å². The molecule has 6 rings (SSSR count). The fourth-order valence-electron chi connectivity index (χ4n) is 3.98. The number of rotatable bonds is 8. The summed E-state index contributed by atoms with van der Waals surface area (Å²) in [6, 6.07) is 22.2. The highest BCUT2D eigenvalue weighted by Crippen LogP contribution is 2.46. The monoisotopic (exact) mass is 456 g/mol. The molecule has 2 saturated carbocycles. The van der Waals surface area contributed by atoms with Gasteiger partial charge in [-0.3, -0.25) is 4.79 Å². The molecule has 2 aliphatic rings. The molecule has 33 heavy (non-hydrogen) atoms. The summed E-state index contributed by atoms with van der Waals surface area (Å²) in [4.78, 5) is 12.9. The van der Waals surface area contributed by atoms with Crippen molar-refractivity contribution in [2.24, 2.45) is 0 Å². The SMILES string of the molecule is O=C(CSc1nnc(C2CC2)n1C1CC1)Nc1cc(-c2ccccc2)nn1-c1ccccc1. The topological polar surface area (TPSA) is 77.6 Å². The predicted molar refractivity (Wildman–Crippen MR) is 129 cm³/mol. The van der Waals surface area contributed by atoms with E-state index >= 15 is 0 Å². The second-order valence-electron chi connectivity index (χ2n) is 8.58. The van der Waals surface area contributed by atoms with E-state index in [1.165, 1.54) is 37.4 Å². The van der Waals surface area contributed by atoms with Crippen LogP contribution >= 0.6 is 11.8 Å². The van der Waals surface area contributed by atoms with Crippen molar-refractivity contribution in [2.75, 3.05) is 11.1 Å². The van der Waals surface area contributed by atoms with Gasteiger partial charge in [0.15, 0.2) is 5.16 Å². The number of hydrogen-bond donors (Lipinski definition) is 1. The molecule has 0 aliphatic heterocycles. The summed E-state index contributed by atoms with van der Waals surface area (Å²) in [5.41, 5.74) is 2.71. The second kappa shape index (κ2) is 8.51. The number of nitrogens with one attached hydrogen (secondary N) is 1. The molecule has 8 heteroatoms. The summed E-state index contributed by atoms with van der Waals surface area (Å²) in [5, 5.41) is 17.5. The zero-order valence-corrected chi connectivity index (χ0v) is 18.9. The van der Waals surface area contributed by atoms with E-state index in [9.17, 15) is 4.79 Å². The van der Waals surface area contributed by atoms with Crippen LogP contribution in [0.25, 0.3) is 16.9 Å². The van der Waals surface area contributed by atoms with Gasteiger partial charge >= 0.3 is 0 Å². The lowest BCUT2D eigenvalue weighted by molar-refractivity contribution is -0.113. The average Bonchev–Trinajstić information content (AvgIpc) is 3.79. The molecule has 0 unspecified atom stereocenters. The first kappa shape index (κ1) is 20.2. The maximum atomic E-state index is 12.9. The Balaban J connectivity index is 1.22. The van der Waals surface area contributed by atoms with E-state index in [-0.39, 0.29) is 11.7 Å². The lowest BCUT2D eigenvalue weighted by Crippen LogP contribution is -2.17. The molecule has 0 saturated heterocycles. The molecule has 2 aliphatic carbocycles. The number of thioether (sulfide) groups is 1. The Hall–Kier alpha value is -3.39. The Morgan fingerprint density at radius 2 is 1.70 bits per heavy atom. The van der Waals surface area contributed by atoms with Crippen LogP contribution in [-0.2, 0) is 4.79 Å². The first-order chi connectivity index (χ1) is 16.3. The average molecular weight is 457 g/mol. The largest absolute Gasteiger partial charge is 0.310 e. The Kier molecular flexibility index (Phi) is 5.22. The summed E-state index contributed by atoms with van der Waals surface area (Å²) in [6.07, 6.45) is 4.75. The molecule has 166 valence electrons. The molecule has 2 heterocycles. The van der Waals surface area contributed by atoms with Gasteiger partial charge in [0, 0.05) is 23.6 Å². The van der Waals surface area contributed by atoms with Gasteiger partial charge in [0.05, 0.1) is 17.1 Å². The van der Waals surface area contributed by atoms with Gasteiger partial charge in [-0.05, 0) is 37.8 Å². The highest BCUT2D eigenvalue weighted by Gasteiger charge is 2.36. The first-order valence-electron chi connectivity index (χ1n) is 11.3. The van der Waals surface area contributed by atoms with Gasteiger partial charge in [0.2, 0.25) is 5.91 Å². The third-order valence-electron chi connectivity index (χ3n) is 5.92. The van der Waals surface area contributed by atoms with Crippen molar-refractivity contribution < 1.29 is 4.79 Å². The van der Waals surface area contributed by atoms with Gasteiger partial charge in [0.1, 0.15) is 11.6 Å². The number of para-hydroxylation sites is 1. The van der Waals surface area contributed by atoms with E-state index in [1.54, 1.807) is 4.68 Å². The van der Waals surface area contributed by atoms with Gasteiger partial charge < -0.3 is 9.88 Å². The number of benzene rings is 2. The summed E-state index contributed by atoms with van der Waals surface area (Å²) in [7, 11) is 0. The summed E-state index contributed by atoms with van der Waals surface area (Å²) in [6.45, 7) is 0. The highest BCUT2D eigenvalue weighted by molar-refractivity contribution is 7.99. The van der Waals surface area contributed by atoms with E-state index in [2.05, 4.69) is 20.1 Å². The zero-order valence-electron chi connectivity index (χ0n) is 18.1. The molecule has 2 aromatic carbocycles. The molecule has 4 aromatic rings. The molecule has 0 atom stereocenters. The number of hydrogen-bond acceptors (Lipinski definition) is 5. The number of carbonyl (C=O) groups excluding carboxylic acids is 1. The van der Waals surface area contributed by atoms with Crippen molar-refractivity contribution in [3.63, 3.8) is 0 Å². The van der Waals surface area contributed by atoms with Crippen LogP contribution in [0.4, 0.5) is 5.82 Å². The normalized spacial score (nSPS) is 15.5. The van der Waals surface area contributed by atoms with Gasteiger partial charge in [-0.15, -0.1) is 10.2 Å². The van der Waals surface area contributed by atoms with Gasteiger partial charge in [0.25, 0.3) is 0 Å². The molecule has 1 amide bonds. The van der Waals surface area contributed by atoms with E-state index < -0.39 is 0 Å². The number of amides is 1. The Bertz CT molecular complexity index is 1270. The lowest BCUT2D eigenvalue weighted by Gasteiger charge is -2.10. The molecule has 2 aromatic heterocycles. The maximum Gasteiger partial charge on any atom is 0.236 e. The number of carbonyl (C=O) groups is 1. The molecule has 1 N–H and O–H groups in total. The van der Waals surface area contributed by atoms with Crippen LogP contribution < -0.4 is 5.32 Å². The van der Waals surface area contributed by atoms with Crippen LogP contribution in [0.5, 0.6) is 0 Å². The maximum absolute atomic E-state index is 12.9. The fraction of sp³-hybridized carbons (Fsp3) is 0.280. The van der Waals surface area contributed by atoms with E-state index in [0.717, 1.165) is 27.9 Å². The summed E-state index contributed by atoms with van der Waals surface area (Å²) < 4.78 is 4.06. The lowest BCUT2D eigenvalue weighted by atomic mass is 10.2. The number of anilines is 1. The van der Waals surface area contributed by atoms with Crippen molar-refractivity contribution in [1.29, 1.82) is 0 Å². The molecular weight excluding hydrogens is 432 g/mol. The van der Waals surface area contributed by atoms with Gasteiger partial charge in [-0.1, -0.05) is 60.3 Å². The van der Waals surface area contributed by atoms with Crippen molar-refractivity contribution in [3.8, 4) is 16.9 Å². The van der Waals surface area contributed by atoms with Gasteiger partial charge in [-0.2, -0.15) is 5.10 Å². The van der Waals surface area contributed by atoms with Gasteiger partial charge in [-0.25, -0.2) is 4.68 Å². The molecule has 0 radical (unpaired) electrons. The summed E-state index contributed by atoms with van der Waals surface area (Å²) >= 11 is 1.46. The minimum Gasteiger partial charge on any atom is -0.310 e. The first-order valence-corrected chi connectivity index (χ1v) is 12.3. The molecule has 2 fully saturated rings. The van der Waals surface area contributed by atoms with Crippen molar-refractivity contribution in [1.82, 2.24) is 24.5 Å². The Labute approximate surface area is 196 Å². The molecular formula is C25H24N6OS. The second-order valence-corrected chi connectivity index (χ2v) is 9.52. The van der Waals surface area contributed by atoms with Crippen molar-refractivity contribution in [2.45, 2.75) is 42.8 Å². The van der Waals surface area contributed by atoms with Crippen LogP contribution in [0, 0.1) is 0 Å². The fourth-order valence-corrected chi connectivity index (χ4v) is 4.79. The number of aromatic nitrogens is 5. The van der Waals surface area contributed by atoms with Crippen LogP contribution in [0.3, 0.4) is 0 Å². The summed E-state index contributed by atoms with van der Waals surface area (Å²) in [5.74, 6) is 2.49. The van der Waals surface area contributed by atoms with Crippen LogP contribution in [-0.4, -0.2) is 36.2 Å². The quantitative estimate of drug-likeness (QED) is 0.374. The highest BCUT2D eigenvalue weighted by atomic mass is 32.2. The van der Waals surface area contributed by atoms with Crippen molar-refractivity contribution in [3.05, 3.63) is 72.6 Å². The minimum absolute atomic E-state index is 0.0880. The Morgan fingerprint density at radius 3 is 2.39 bits per heavy atom. The zero-order chi connectivity index (χ0) is 22.2. The molecule has 0 spiro atoms.